The van der Waals surface area contributed by atoms with E-state index < -0.39 is 0 Å². The van der Waals surface area contributed by atoms with Gasteiger partial charge in [-0.25, -0.2) is 4.98 Å². The molecule has 0 aliphatic rings. The SMILES string of the molecule is COc1ccc(-c2nc(CSCC(=O)c3c(C)[nH]c4ccccc34)co2)cc1. The molecule has 0 amide bonds. The van der Waals surface area contributed by atoms with Crippen molar-refractivity contribution in [2.75, 3.05) is 12.9 Å². The molecule has 0 atom stereocenters. The molecule has 2 aromatic heterocycles. The molecule has 0 bridgehead atoms. The van der Waals surface area contributed by atoms with E-state index in [4.69, 9.17) is 9.15 Å². The Hall–Kier alpha value is -2.99. The van der Waals surface area contributed by atoms with Crippen molar-refractivity contribution in [3.63, 3.8) is 0 Å². The lowest BCUT2D eigenvalue weighted by Gasteiger charge is -2.01. The van der Waals surface area contributed by atoms with Crippen molar-refractivity contribution in [3.05, 3.63) is 71.7 Å². The van der Waals surface area contributed by atoms with Crippen LogP contribution in [0.25, 0.3) is 22.4 Å². The van der Waals surface area contributed by atoms with E-state index in [9.17, 15) is 4.79 Å². The monoisotopic (exact) mass is 392 g/mol. The summed E-state index contributed by atoms with van der Waals surface area (Å²) in [5.74, 6) is 2.49. The van der Waals surface area contributed by atoms with Crippen LogP contribution in [0.4, 0.5) is 0 Å². The molecule has 0 unspecified atom stereocenters. The van der Waals surface area contributed by atoms with Crippen molar-refractivity contribution in [1.29, 1.82) is 0 Å². The summed E-state index contributed by atoms with van der Waals surface area (Å²) >= 11 is 1.54. The number of methoxy groups -OCH3 is 1. The molecule has 0 aliphatic carbocycles. The third-order valence-electron chi connectivity index (χ3n) is 4.54. The Balaban J connectivity index is 1.39. The molecule has 0 saturated carbocycles. The number of rotatable bonds is 7. The number of aromatic nitrogens is 2. The highest BCUT2D eigenvalue weighted by atomic mass is 32.2. The number of Topliss-reactive ketones (excluding diaryl/α,β-unsaturated/α-hetero) is 1. The second-order valence-corrected chi connectivity index (χ2v) is 7.44. The zero-order chi connectivity index (χ0) is 19.5. The lowest BCUT2D eigenvalue weighted by Crippen LogP contribution is -2.04. The number of benzene rings is 2. The van der Waals surface area contributed by atoms with E-state index in [1.807, 2.05) is 55.5 Å². The van der Waals surface area contributed by atoms with Crippen LogP contribution in [-0.2, 0) is 5.75 Å². The standard InChI is InChI=1S/C22H20N2O3S/c1-14-21(18-5-3-4-6-19(18)23-14)20(25)13-28-12-16-11-27-22(24-16)15-7-9-17(26-2)10-8-15/h3-11,23H,12-13H2,1-2H3. The number of oxazole rings is 1. The first-order chi connectivity index (χ1) is 13.7. The molecular weight excluding hydrogens is 372 g/mol. The number of carbonyl (C=O) groups excluding carboxylic acids is 1. The van der Waals surface area contributed by atoms with Gasteiger partial charge in [-0.05, 0) is 37.3 Å². The van der Waals surface area contributed by atoms with Crippen LogP contribution >= 0.6 is 11.8 Å². The van der Waals surface area contributed by atoms with Crippen LogP contribution in [0.2, 0.25) is 0 Å². The van der Waals surface area contributed by atoms with Gasteiger partial charge in [0.1, 0.15) is 12.0 Å². The first-order valence-corrected chi connectivity index (χ1v) is 10.1. The summed E-state index contributed by atoms with van der Waals surface area (Å²) in [5, 5.41) is 0.980. The number of aryl methyl sites for hydroxylation is 1. The average molecular weight is 392 g/mol. The molecule has 5 nitrogen and oxygen atoms in total. The Bertz CT molecular complexity index is 1110. The van der Waals surface area contributed by atoms with Crippen LogP contribution in [0.5, 0.6) is 5.75 Å². The minimum absolute atomic E-state index is 0.124. The largest absolute Gasteiger partial charge is 0.497 e. The number of nitrogens with one attached hydrogen (secondary N) is 1. The number of ether oxygens (including phenoxy) is 1. The summed E-state index contributed by atoms with van der Waals surface area (Å²) in [6.45, 7) is 1.94. The van der Waals surface area contributed by atoms with Crippen molar-refractivity contribution in [2.24, 2.45) is 0 Å². The maximum atomic E-state index is 12.7. The third kappa shape index (κ3) is 3.68. The molecule has 2 aromatic carbocycles. The molecule has 6 heteroatoms. The maximum Gasteiger partial charge on any atom is 0.226 e. The Kier molecular flexibility index (Phi) is 5.21. The highest BCUT2D eigenvalue weighted by Crippen LogP contribution is 2.26. The summed E-state index contributed by atoms with van der Waals surface area (Å²) in [6, 6.07) is 15.4. The molecule has 0 aliphatic heterocycles. The molecule has 4 aromatic rings. The molecule has 142 valence electrons. The number of para-hydroxylation sites is 1. The summed E-state index contributed by atoms with van der Waals surface area (Å²) < 4.78 is 10.7. The summed E-state index contributed by atoms with van der Waals surface area (Å²) in [4.78, 5) is 20.5. The molecule has 4 rings (SSSR count). The number of H-pyrrole nitrogens is 1. The van der Waals surface area contributed by atoms with Gasteiger partial charge in [-0.2, -0.15) is 0 Å². The van der Waals surface area contributed by atoms with Gasteiger partial charge in [0.05, 0.1) is 18.6 Å². The Morgan fingerprint density at radius 1 is 1.18 bits per heavy atom. The minimum atomic E-state index is 0.124. The number of aromatic amines is 1. The predicted octanol–water partition coefficient (Wildman–Crippen LogP) is 5.26. The third-order valence-corrected chi connectivity index (χ3v) is 5.51. The van der Waals surface area contributed by atoms with Crippen molar-refractivity contribution in [1.82, 2.24) is 9.97 Å². The molecule has 28 heavy (non-hydrogen) atoms. The van der Waals surface area contributed by atoms with Crippen molar-refractivity contribution in [3.8, 4) is 17.2 Å². The zero-order valence-electron chi connectivity index (χ0n) is 15.7. The molecule has 1 N–H and O–H groups in total. The Morgan fingerprint density at radius 3 is 2.75 bits per heavy atom. The number of thioether (sulfide) groups is 1. The van der Waals surface area contributed by atoms with Gasteiger partial charge in [-0.3, -0.25) is 4.79 Å². The van der Waals surface area contributed by atoms with Crippen LogP contribution in [0.1, 0.15) is 21.7 Å². The topological polar surface area (TPSA) is 68.1 Å². The number of carbonyl (C=O) groups is 1. The fourth-order valence-electron chi connectivity index (χ4n) is 3.20. The number of ketones is 1. The molecule has 2 heterocycles. The van der Waals surface area contributed by atoms with Crippen LogP contribution in [0.3, 0.4) is 0 Å². The fourth-order valence-corrected chi connectivity index (χ4v) is 3.97. The van der Waals surface area contributed by atoms with Gasteiger partial charge in [0, 0.05) is 33.5 Å². The lowest BCUT2D eigenvalue weighted by atomic mass is 10.1. The first-order valence-electron chi connectivity index (χ1n) is 8.93. The summed E-state index contributed by atoms with van der Waals surface area (Å²) in [6.07, 6.45) is 1.65. The fraction of sp³-hybridized carbons (Fsp3) is 0.182. The van der Waals surface area contributed by atoms with Crippen LogP contribution in [-0.4, -0.2) is 28.6 Å². The molecular formula is C22H20N2O3S. The van der Waals surface area contributed by atoms with E-state index in [0.717, 1.165) is 39.2 Å². The van der Waals surface area contributed by atoms with E-state index >= 15 is 0 Å². The molecule has 0 fully saturated rings. The van der Waals surface area contributed by atoms with Crippen LogP contribution < -0.4 is 4.74 Å². The molecule has 0 saturated heterocycles. The van der Waals surface area contributed by atoms with Crippen LogP contribution in [0.15, 0.2) is 59.2 Å². The highest BCUT2D eigenvalue weighted by Gasteiger charge is 2.16. The molecule has 0 spiro atoms. The number of hydrogen-bond acceptors (Lipinski definition) is 5. The van der Waals surface area contributed by atoms with Crippen molar-refractivity contribution < 1.29 is 13.9 Å². The van der Waals surface area contributed by atoms with Gasteiger partial charge in [0.15, 0.2) is 5.78 Å². The Labute approximate surface area is 167 Å². The van der Waals surface area contributed by atoms with E-state index in [2.05, 4.69) is 9.97 Å². The smallest absolute Gasteiger partial charge is 0.226 e. The first kappa shape index (κ1) is 18.4. The highest BCUT2D eigenvalue weighted by molar-refractivity contribution is 7.99. The second kappa shape index (κ2) is 7.94. The van der Waals surface area contributed by atoms with Gasteiger partial charge in [-0.1, -0.05) is 18.2 Å². The normalized spacial score (nSPS) is 11.1. The van der Waals surface area contributed by atoms with Gasteiger partial charge < -0.3 is 14.1 Å². The number of nitrogens with zero attached hydrogens (tertiary/aromatic N) is 1. The zero-order valence-corrected chi connectivity index (χ0v) is 16.5. The van der Waals surface area contributed by atoms with Crippen molar-refractivity contribution >= 4 is 28.4 Å². The van der Waals surface area contributed by atoms with Gasteiger partial charge in [0.25, 0.3) is 0 Å². The van der Waals surface area contributed by atoms with E-state index in [1.165, 1.54) is 11.8 Å². The van der Waals surface area contributed by atoms with E-state index in [0.29, 0.717) is 17.4 Å². The average Bonchev–Trinajstić information content (AvgIpc) is 3.31. The summed E-state index contributed by atoms with van der Waals surface area (Å²) in [5.41, 5.74) is 4.40. The van der Waals surface area contributed by atoms with Gasteiger partial charge >= 0.3 is 0 Å². The lowest BCUT2D eigenvalue weighted by molar-refractivity contribution is 0.102. The van der Waals surface area contributed by atoms with E-state index in [-0.39, 0.29) is 5.78 Å². The molecule has 0 radical (unpaired) electrons. The minimum Gasteiger partial charge on any atom is -0.497 e. The van der Waals surface area contributed by atoms with Crippen molar-refractivity contribution in [2.45, 2.75) is 12.7 Å². The van der Waals surface area contributed by atoms with Gasteiger partial charge in [-0.15, -0.1) is 11.8 Å². The Morgan fingerprint density at radius 2 is 1.96 bits per heavy atom. The quantitative estimate of drug-likeness (QED) is 0.435. The maximum absolute atomic E-state index is 12.7. The summed E-state index contributed by atoms with van der Waals surface area (Å²) in [7, 11) is 1.63. The number of fused-ring (bicyclic) bond motifs is 1. The van der Waals surface area contributed by atoms with E-state index in [1.54, 1.807) is 13.4 Å². The van der Waals surface area contributed by atoms with Gasteiger partial charge in [0.2, 0.25) is 5.89 Å². The second-order valence-electron chi connectivity index (χ2n) is 6.46. The predicted molar refractivity (Wildman–Crippen MR) is 112 cm³/mol. The van der Waals surface area contributed by atoms with Crippen LogP contribution in [0, 0.1) is 6.92 Å². The number of hydrogen-bond donors (Lipinski definition) is 1.